The van der Waals surface area contributed by atoms with E-state index >= 15 is 0 Å². The van der Waals surface area contributed by atoms with Gasteiger partial charge in [0.25, 0.3) is 0 Å². The summed E-state index contributed by atoms with van der Waals surface area (Å²) in [4.78, 5) is 3.99. The SMILES string of the molecule is CNCc1ncoc1-c1ccc(F)c(F)c1. The fourth-order valence-corrected chi connectivity index (χ4v) is 1.43. The Kier molecular flexibility index (Phi) is 2.96. The Morgan fingerprint density at radius 3 is 2.81 bits per heavy atom. The van der Waals surface area contributed by atoms with Crippen LogP contribution in [0.5, 0.6) is 0 Å². The predicted molar refractivity (Wildman–Crippen MR) is 54.6 cm³/mol. The minimum Gasteiger partial charge on any atom is -0.443 e. The zero-order valence-electron chi connectivity index (χ0n) is 8.63. The maximum absolute atomic E-state index is 13.0. The van der Waals surface area contributed by atoms with Crippen LogP contribution in [-0.4, -0.2) is 12.0 Å². The number of hydrogen-bond donors (Lipinski definition) is 1. The lowest BCUT2D eigenvalue weighted by molar-refractivity contribution is 0.507. The minimum absolute atomic E-state index is 0.452. The molecular weight excluding hydrogens is 214 g/mol. The summed E-state index contributed by atoms with van der Waals surface area (Å²) in [6.07, 6.45) is 1.28. The number of nitrogens with one attached hydrogen (secondary N) is 1. The smallest absolute Gasteiger partial charge is 0.181 e. The quantitative estimate of drug-likeness (QED) is 0.869. The fourth-order valence-electron chi connectivity index (χ4n) is 1.43. The van der Waals surface area contributed by atoms with Crippen molar-refractivity contribution in [3.63, 3.8) is 0 Å². The Morgan fingerprint density at radius 1 is 1.31 bits per heavy atom. The van der Waals surface area contributed by atoms with Crippen molar-refractivity contribution in [3.05, 3.63) is 41.9 Å². The Labute approximate surface area is 91.1 Å². The van der Waals surface area contributed by atoms with Crippen LogP contribution in [0.25, 0.3) is 11.3 Å². The molecule has 5 heteroatoms. The molecule has 0 atom stereocenters. The number of halogens is 2. The van der Waals surface area contributed by atoms with Crippen molar-refractivity contribution < 1.29 is 13.2 Å². The zero-order valence-corrected chi connectivity index (χ0v) is 8.63. The topological polar surface area (TPSA) is 38.1 Å². The van der Waals surface area contributed by atoms with Crippen LogP contribution in [0, 0.1) is 11.6 Å². The Hall–Kier alpha value is -1.75. The molecule has 3 nitrogen and oxygen atoms in total. The van der Waals surface area contributed by atoms with E-state index in [9.17, 15) is 8.78 Å². The van der Waals surface area contributed by atoms with Gasteiger partial charge in [-0.2, -0.15) is 0 Å². The van der Waals surface area contributed by atoms with Crippen LogP contribution in [-0.2, 0) is 6.54 Å². The van der Waals surface area contributed by atoms with Crippen molar-refractivity contribution in [1.82, 2.24) is 10.3 Å². The van der Waals surface area contributed by atoms with Gasteiger partial charge < -0.3 is 9.73 Å². The van der Waals surface area contributed by atoms with Crippen LogP contribution >= 0.6 is 0 Å². The second-order valence-corrected chi connectivity index (χ2v) is 3.29. The number of oxazole rings is 1. The van der Waals surface area contributed by atoms with Crippen LogP contribution in [0.4, 0.5) is 8.78 Å². The normalized spacial score (nSPS) is 10.7. The van der Waals surface area contributed by atoms with E-state index in [4.69, 9.17) is 4.42 Å². The van der Waals surface area contributed by atoms with E-state index in [0.717, 1.165) is 12.1 Å². The highest BCUT2D eigenvalue weighted by molar-refractivity contribution is 5.59. The van der Waals surface area contributed by atoms with E-state index in [1.54, 1.807) is 7.05 Å². The molecule has 1 aromatic carbocycles. The molecule has 0 spiro atoms. The van der Waals surface area contributed by atoms with Crippen molar-refractivity contribution in [3.8, 4) is 11.3 Å². The van der Waals surface area contributed by atoms with Crippen LogP contribution in [0.3, 0.4) is 0 Å². The van der Waals surface area contributed by atoms with Gasteiger partial charge in [-0.15, -0.1) is 0 Å². The van der Waals surface area contributed by atoms with Gasteiger partial charge in [0.15, 0.2) is 23.8 Å². The van der Waals surface area contributed by atoms with E-state index in [1.807, 2.05) is 0 Å². The first-order chi connectivity index (χ1) is 7.72. The third-order valence-corrected chi connectivity index (χ3v) is 2.17. The molecule has 16 heavy (non-hydrogen) atoms. The Balaban J connectivity index is 2.42. The molecule has 2 aromatic rings. The van der Waals surface area contributed by atoms with Crippen molar-refractivity contribution in [2.24, 2.45) is 0 Å². The molecule has 0 saturated carbocycles. The largest absolute Gasteiger partial charge is 0.443 e. The van der Waals surface area contributed by atoms with Crippen LogP contribution in [0.2, 0.25) is 0 Å². The standard InChI is InChI=1S/C11H10F2N2O/c1-14-5-10-11(16-6-15-10)7-2-3-8(12)9(13)4-7/h2-4,6,14H,5H2,1H3. The summed E-state index contributed by atoms with van der Waals surface area (Å²) in [6, 6.07) is 3.61. The van der Waals surface area contributed by atoms with Gasteiger partial charge in [0, 0.05) is 12.1 Å². The Morgan fingerprint density at radius 2 is 2.12 bits per heavy atom. The molecule has 1 aromatic heterocycles. The molecule has 0 amide bonds. The lowest BCUT2D eigenvalue weighted by atomic mass is 10.1. The van der Waals surface area contributed by atoms with Gasteiger partial charge in [-0.1, -0.05) is 0 Å². The molecule has 0 radical (unpaired) electrons. The lowest BCUT2D eigenvalue weighted by Crippen LogP contribution is -2.06. The van der Waals surface area contributed by atoms with Gasteiger partial charge in [-0.3, -0.25) is 0 Å². The van der Waals surface area contributed by atoms with E-state index in [-0.39, 0.29) is 0 Å². The highest BCUT2D eigenvalue weighted by Gasteiger charge is 2.12. The summed E-state index contributed by atoms with van der Waals surface area (Å²) in [5, 5.41) is 2.92. The fraction of sp³-hybridized carbons (Fsp3) is 0.182. The molecule has 0 unspecified atom stereocenters. The minimum atomic E-state index is -0.899. The van der Waals surface area contributed by atoms with Crippen LogP contribution < -0.4 is 5.32 Å². The highest BCUT2D eigenvalue weighted by Crippen LogP contribution is 2.24. The first kappa shape index (κ1) is 10.8. The molecule has 0 aliphatic carbocycles. The number of aromatic nitrogens is 1. The monoisotopic (exact) mass is 224 g/mol. The molecule has 0 bridgehead atoms. The zero-order chi connectivity index (χ0) is 11.5. The van der Waals surface area contributed by atoms with E-state index in [1.165, 1.54) is 12.5 Å². The van der Waals surface area contributed by atoms with E-state index in [2.05, 4.69) is 10.3 Å². The molecular formula is C11H10F2N2O. The van der Waals surface area contributed by atoms with Gasteiger partial charge in [0.05, 0.1) is 0 Å². The molecule has 1 heterocycles. The van der Waals surface area contributed by atoms with Crippen molar-refractivity contribution >= 4 is 0 Å². The van der Waals surface area contributed by atoms with Crippen molar-refractivity contribution in [1.29, 1.82) is 0 Å². The van der Waals surface area contributed by atoms with Gasteiger partial charge in [0.2, 0.25) is 0 Å². The summed E-state index contributed by atoms with van der Waals surface area (Å²) < 4.78 is 30.9. The number of benzene rings is 1. The van der Waals surface area contributed by atoms with Gasteiger partial charge in [0.1, 0.15) is 5.69 Å². The van der Waals surface area contributed by atoms with Crippen LogP contribution in [0.1, 0.15) is 5.69 Å². The predicted octanol–water partition coefficient (Wildman–Crippen LogP) is 2.34. The Bertz CT molecular complexity index is 496. The van der Waals surface area contributed by atoms with Gasteiger partial charge in [-0.05, 0) is 25.2 Å². The number of rotatable bonds is 3. The number of nitrogens with zero attached hydrogens (tertiary/aromatic N) is 1. The second kappa shape index (κ2) is 4.40. The van der Waals surface area contributed by atoms with E-state index < -0.39 is 11.6 Å². The number of hydrogen-bond acceptors (Lipinski definition) is 3. The second-order valence-electron chi connectivity index (χ2n) is 3.29. The molecule has 2 rings (SSSR count). The first-order valence-electron chi connectivity index (χ1n) is 4.74. The third kappa shape index (κ3) is 1.94. The average molecular weight is 224 g/mol. The average Bonchev–Trinajstić information content (AvgIpc) is 2.71. The molecule has 0 aliphatic heterocycles. The summed E-state index contributed by atoms with van der Waals surface area (Å²) in [6.45, 7) is 0.505. The van der Waals surface area contributed by atoms with Gasteiger partial charge in [-0.25, -0.2) is 13.8 Å². The molecule has 0 fully saturated rings. The maximum atomic E-state index is 13.0. The van der Waals surface area contributed by atoms with Crippen molar-refractivity contribution in [2.45, 2.75) is 6.54 Å². The molecule has 84 valence electrons. The summed E-state index contributed by atoms with van der Waals surface area (Å²) in [5.74, 6) is -1.32. The summed E-state index contributed by atoms with van der Waals surface area (Å²) in [5.41, 5.74) is 1.13. The van der Waals surface area contributed by atoms with E-state index in [0.29, 0.717) is 23.6 Å². The summed E-state index contributed by atoms with van der Waals surface area (Å²) >= 11 is 0. The van der Waals surface area contributed by atoms with Crippen molar-refractivity contribution in [2.75, 3.05) is 7.05 Å². The third-order valence-electron chi connectivity index (χ3n) is 2.17. The lowest BCUT2D eigenvalue weighted by Gasteiger charge is -2.01. The van der Waals surface area contributed by atoms with Crippen LogP contribution in [0.15, 0.2) is 29.0 Å². The highest BCUT2D eigenvalue weighted by atomic mass is 19.2. The molecule has 0 aliphatic rings. The summed E-state index contributed by atoms with van der Waals surface area (Å²) in [7, 11) is 1.77. The first-order valence-corrected chi connectivity index (χ1v) is 4.74. The molecule has 1 N–H and O–H groups in total. The van der Waals surface area contributed by atoms with Gasteiger partial charge >= 0.3 is 0 Å². The maximum Gasteiger partial charge on any atom is 0.181 e. The molecule has 0 saturated heterocycles.